The van der Waals surface area contributed by atoms with Crippen LogP contribution in [0.2, 0.25) is 0 Å². The summed E-state index contributed by atoms with van der Waals surface area (Å²) in [5.41, 5.74) is 1.32. The number of likely N-dealkylation sites (tertiary alicyclic amines) is 1. The second-order valence-electron chi connectivity index (χ2n) is 6.95. The van der Waals surface area contributed by atoms with Crippen molar-refractivity contribution < 1.29 is 23.8 Å². The minimum absolute atomic E-state index is 0.0935. The van der Waals surface area contributed by atoms with Gasteiger partial charge in [-0.25, -0.2) is 4.79 Å². The fourth-order valence-electron chi connectivity index (χ4n) is 3.33. The predicted molar refractivity (Wildman–Crippen MR) is 114 cm³/mol. The van der Waals surface area contributed by atoms with Crippen molar-refractivity contribution in [2.75, 3.05) is 26.8 Å². The smallest absolute Gasteiger partial charge is 0.331 e. The zero-order valence-corrected chi connectivity index (χ0v) is 17.3. The van der Waals surface area contributed by atoms with Crippen molar-refractivity contribution >= 4 is 18.0 Å². The number of amides is 1. The van der Waals surface area contributed by atoms with Crippen LogP contribution in [0.1, 0.15) is 30.1 Å². The molecule has 0 spiro atoms. The summed E-state index contributed by atoms with van der Waals surface area (Å²) in [5.74, 6) is 0.0533. The highest BCUT2D eigenvalue weighted by Gasteiger charge is 2.30. The Kier molecular flexibility index (Phi) is 7.66. The molecule has 160 valence electrons. The van der Waals surface area contributed by atoms with Crippen LogP contribution in [0.5, 0.6) is 11.5 Å². The molecule has 2 aromatic rings. The zero-order chi connectivity index (χ0) is 22.1. The fraction of sp³-hybridized carbons (Fsp3) is 0.292. The second-order valence-corrected chi connectivity index (χ2v) is 6.95. The normalized spacial score (nSPS) is 14.1. The maximum Gasteiger partial charge on any atom is 0.331 e. The number of hydrogen-bond donors (Lipinski definition) is 0. The number of ether oxygens (including phenoxy) is 3. The molecule has 1 atom stereocenters. The summed E-state index contributed by atoms with van der Waals surface area (Å²) in [6, 6.07) is 16.0. The Morgan fingerprint density at radius 2 is 1.87 bits per heavy atom. The molecule has 0 aromatic heterocycles. The molecule has 1 aliphatic rings. The minimum Gasteiger partial charge on any atom is -0.493 e. The molecule has 0 bridgehead atoms. The van der Waals surface area contributed by atoms with Crippen LogP contribution in [0.4, 0.5) is 0 Å². The molecule has 1 heterocycles. The lowest BCUT2D eigenvalue weighted by molar-refractivity contribution is -0.156. The molecule has 0 saturated carbocycles. The largest absolute Gasteiger partial charge is 0.493 e. The molecular formula is C24H24N2O5. The Balaban J connectivity index is 1.72. The number of methoxy groups -OCH3 is 1. The van der Waals surface area contributed by atoms with E-state index in [4.69, 9.17) is 19.5 Å². The Morgan fingerprint density at radius 3 is 2.55 bits per heavy atom. The lowest BCUT2D eigenvalue weighted by Gasteiger charge is -2.23. The number of esters is 1. The van der Waals surface area contributed by atoms with Crippen molar-refractivity contribution in [3.8, 4) is 17.6 Å². The van der Waals surface area contributed by atoms with E-state index in [1.54, 1.807) is 41.3 Å². The van der Waals surface area contributed by atoms with Crippen LogP contribution in [-0.2, 0) is 14.3 Å². The average molecular weight is 420 g/mol. The standard InChI is InChI=1S/C24H24N2O5/c1-29-21-17-18(9-11-20(21)30-16-13-25)10-12-22(27)31-23(19-7-3-2-4-8-19)24(28)26-14-5-6-15-26/h2-4,7-12,17,23H,5-6,14-16H2,1H3/b12-10+/t23-/m1/s1. The van der Waals surface area contributed by atoms with Gasteiger partial charge in [0.1, 0.15) is 6.07 Å². The van der Waals surface area contributed by atoms with E-state index in [1.165, 1.54) is 13.2 Å². The van der Waals surface area contributed by atoms with Gasteiger partial charge in [-0.1, -0.05) is 36.4 Å². The first-order valence-electron chi connectivity index (χ1n) is 10.0. The van der Waals surface area contributed by atoms with E-state index in [0.717, 1.165) is 12.8 Å². The highest BCUT2D eigenvalue weighted by Crippen LogP contribution is 2.29. The summed E-state index contributed by atoms with van der Waals surface area (Å²) >= 11 is 0. The first-order valence-corrected chi connectivity index (χ1v) is 10.0. The van der Waals surface area contributed by atoms with Gasteiger partial charge in [-0.3, -0.25) is 4.79 Å². The Bertz CT molecular complexity index is 975. The van der Waals surface area contributed by atoms with E-state index >= 15 is 0 Å². The topological polar surface area (TPSA) is 88.9 Å². The summed E-state index contributed by atoms with van der Waals surface area (Å²) in [6.45, 7) is 1.26. The van der Waals surface area contributed by atoms with Crippen molar-refractivity contribution in [3.63, 3.8) is 0 Å². The minimum atomic E-state index is -0.979. The number of carbonyl (C=O) groups excluding carboxylic acids is 2. The van der Waals surface area contributed by atoms with E-state index in [1.807, 2.05) is 24.3 Å². The third-order valence-corrected chi connectivity index (χ3v) is 4.87. The number of rotatable bonds is 8. The van der Waals surface area contributed by atoms with Gasteiger partial charge in [0.15, 0.2) is 18.1 Å². The van der Waals surface area contributed by atoms with Gasteiger partial charge < -0.3 is 19.1 Å². The lowest BCUT2D eigenvalue weighted by Crippen LogP contribution is -2.34. The van der Waals surface area contributed by atoms with Crippen molar-refractivity contribution in [3.05, 3.63) is 65.7 Å². The number of nitrogens with zero attached hydrogens (tertiary/aromatic N) is 2. The van der Waals surface area contributed by atoms with E-state index < -0.39 is 12.1 Å². The molecular weight excluding hydrogens is 396 g/mol. The third kappa shape index (κ3) is 5.86. The van der Waals surface area contributed by atoms with Gasteiger partial charge in [0, 0.05) is 24.7 Å². The quantitative estimate of drug-likeness (QED) is 0.480. The van der Waals surface area contributed by atoms with Gasteiger partial charge in [-0.05, 0) is 36.6 Å². The van der Waals surface area contributed by atoms with Crippen LogP contribution in [0.3, 0.4) is 0 Å². The first kappa shape index (κ1) is 21.9. The molecule has 0 aliphatic carbocycles. The molecule has 1 fully saturated rings. The summed E-state index contributed by atoms with van der Waals surface area (Å²) in [5, 5.41) is 8.65. The summed E-state index contributed by atoms with van der Waals surface area (Å²) in [7, 11) is 1.49. The molecule has 0 radical (unpaired) electrons. The van der Waals surface area contributed by atoms with Crippen LogP contribution < -0.4 is 9.47 Å². The summed E-state index contributed by atoms with van der Waals surface area (Å²) in [4.78, 5) is 27.2. The number of nitriles is 1. The second kappa shape index (κ2) is 10.8. The molecule has 7 nitrogen and oxygen atoms in total. The van der Waals surface area contributed by atoms with Gasteiger partial charge >= 0.3 is 5.97 Å². The monoisotopic (exact) mass is 420 g/mol. The molecule has 1 amide bonds. The van der Waals surface area contributed by atoms with Crippen molar-refractivity contribution in [1.82, 2.24) is 4.90 Å². The van der Waals surface area contributed by atoms with Crippen molar-refractivity contribution in [2.24, 2.45) is 0 Å². The van der Waals surface area contributed by atoms with E-state index in [9.17, 15) is 9.59 Å². The molecule has 1 aliphatic heterocycles. The van der Waals surface area contributed by atoms with Gasteiger partial charge in [0.2, 0.25) is 6.10 Å². The molecule has 1 saturated heterocycles. The van der Waals surface area contributed by atoms with Gasteiger partial charge in [-0.15, -0.1) is 0 Å². The van der Waals surface area contributed by atoms with Crippen molar-refractivity contribution in [1.29, 1.82) is 5.26 Å². The number of hydrogen-bond acceptors (Lipinski definition) is 6. The maximum atomic E-state index is 12.9. The van der Waals surface area contributed by atoms with Gasteiger partial charge in [-0.2, -0.15) is 5.26 Å². The summed E-state index contributed by atoms with van der Waals surface area (Å²) in [6.07, 6.45) is 3.78. The van der Waals surface area contributed by atoms with E-state index in [-0.39, 0.29) is 12.5 Å². The van der Waals surface area contributed by atoms with Crippen LogP contribution >= 0.6 is 0 Å². The van der Waals surface area contributed by atoms with E-state index in [2.05, 4.69) is 0 Å². The Hall–Kier alpha value is -3.79. The Labute approximate surface area is 181 Å². The molecule has 2 aromatic carbocycles. The van der Waals surface area contributed by atoms with Gasteiger partial charge in [0.25, 0.3) is 5.91 Å². The SMILES string of the molecule is COc1cc(/C=C/C(=O)O[C@@H](C(=O)N2CCCC2)c2ccccc2)ccc1OCC#N. The molecule has 7 heteroatoms. The van der Waals surface area contributed by atoms with Crippen LogP contribution in [-0.4, -0.2) is 43.6 Å². The zero-order valence-electron chi connectivity index (χ0n) is 17.3. The predicted octanol–water partition coefficient (Wildman–Crippen LogP) is 3.52. The van der Waals surface area contributed by atoms with Crippen LogP contribution in [0.15, 0.2) is 54.6 Å². The first-order chi connectivity index (χ1) is 15.1. The number of benzene rings is 2. The average Bonchev–Trinajstić information content (AvgIpc) is 3.35. The third-order valence-electron chi connectivity index (χ3n) is 4.87. The van der Waals surface area contributed by atoms with Crippen LogP contribution in [0.25, 0.3) is 6.08 Å². The molecule has 0 unspecified atom stereocenters. The van der Waals surface area contributed by atoms with Gasteiger partial charge in [0.05, 0.1) is 7.11 Å². The molecule has 31 heavy (non-hydrogen) atoms. The lowest BCUT2D eigenvalue weighted by atomic mass is 10.1. The molecule has 3 rings (SSSR count). The van der Waals surface area contributed by atoms with Crippen LogP contribution in [0, 0.1) is 11.3 Å². The Morgan fingerprint density at radius 1 is 1.13 bits per heavy atom. The number of carbonyl (C=O) groups is 2. The maximum absolute atomic E-state index is 12.9. The highest BCUT2D eigenvalue weighted by atomic mass is 16.5. The molecule has 0 N–H and O–H groups in total. The van der Waals surface area contributed by atoms with Crippen molar-refractivity contribution in [2.45, 2.75) is 18.9 Å². The summed E-state index contributed by atoms with van der Waals surface area (Å²) < 4.78 is 16.1. The van der Waals surface area contributed by atoms with E-state index in [0.29, 0.717) is 35.7 Å². The fourth-order valence-corrected chi connectivity index (χ4v) is 3.33. The highest BCUT2D eigenvalue weighted by molar-refractivity contribution is 5.91.